The van der Waals surface area contributed by atoms with E-state index < -0.39 is 0 Å². The Morgan fingerprint density at radius 2 is 2.09 bits per heavy atom. The van der Waals surface area contributed by atoms with Crippen LogP contribution in [-0.2, 0) is 5.41 Å². The Morgan fingerprint density at radius 1 is 1.18 bits per heavy atom. The van der Waals surface area contributed by atoms with Gasteiger partial charge in [-0.3, -0.25) is 4.79 Å². The van der Waals surface area contributed by atoms with E-state index in [1.807, 2.05) is 12.1 Å². The van der Waals surface area contributed by atoms with Crippen molar-refractivity contribution in [1.82, 2.24) is 20.6 Å². The van der Waals surface area contributed by atoms with Crippen molar-refractivity contribution in [1.29, 1.82) is 0 Å². The van der Waals surface area contributed by atoms with Crippen LogP contribution in [0.1, 0.15) is 34.5 Å². The number of nitrogens with zero attached hydrogens (tertiary/aromatic N) is 1. The number of pyridine rings is 1. The van der Waals surface area contributed by atoms with Gasteiger partial charge in [0, 0.05) is 47.2 Å². The highest BCUT2D eigenvalue weighted by atomic mass is 19.1. The molecule has 0 bridgehead atoms. The fourth-order valence-electron chi connectivity index (χ4n) is 5.33. The molecule has 0 aliphatic carbocycles. The SMILES string of the molecule is Cc1c(F)cccc1Nc1c(-c2ccnc3c2OCCN3)[nH]c2c1C(=O)NC[C@]21CCCNC1. The van der Waals surface area contributed by atoms with Crippen LogP contribution in [0.2, 0.25) is 0 Å². The molecule has 5 N–H and O–H groups in total. The molecule has 34 heavy (non-hydrogen) atoms. The Labute approximate surface area is 196 Å². The van der Waals surface area contributed by atoms with Crippen LogP contribution in [-0.4, -0.2) is 48.7 Å². The summed E-state index contributed by atoms with van der Waals surface area (Å²) in [5.74, 6) is 0.861. The number of fused-ring (bicyclic) bond motifs is 3. The number of piperidine rings is 1. The molecule has 3 aliphatic rings. The Morgan fingerprint density at radius 3 is 2.94 bits per heavy atom. The molecule has 1 saturated heterocycles. The molecule has 176 valence electrons. The summed E-state index contributed by atoms with van der Waals surface area (Å²) in [6.45, 7) is 5.22. The summed E-state index contributed by atoms with van der Waals surface area (Å²) in [5.41, 5.74) is 4.50. The molecular formula is C25H27FN6O2. The van der Waals surface area contributed by atoms with Crippen molar-refractivity contribution in [3.63, 3.8) is 0 Å². The van der Waals surface area contributed by atoms with Gasteiger partial charge in [-0.25, -0.2) is 9.37 Å². The van der Waals surface area contributed by atoms with Crippen molar-refractivity contribution in [3.8, 4) is 17.0 Å². The van der Waals surface area contributed by atoms with E-state index >= 15 is 0 Å². The number of hydrogen-bond donors (Lipinski definition) is 5. The normalized spacial score (nSPS) is 21.2. The van der Waals surface area contributed by atoms with Gasteiger partial charge in [-0.1, -0.05) is 6.07 Å². The van der Waals surface area contributed by atoms with Crippen LogP contribution in [0.3, 0.4) is 0 Å². The average Bonchev–Trinajstić information content (AvgIpc) is 3.25. The Kier molecular flexibility index (Phi) is 4.95. The molecule has 1 aromatic carbocycles. The second kappa shape index (κ2) is 8.02. The van der Waals surface area contributed by atoms with Gasteiger partial charge >= 0.3 is 0 Å². The number of rotatable bonds is 3. The summed E-state index contributed by atoms with van der Waals surface area (Å²) in [6, 6.07) is 6.80. The predicted octanol–water partition coefficient (Wildman–Crippen LogP) is 3.44. The smallest absolute Gasteiger partial charge is 0.255 e. The first kappa shape index (κ1) is 21.0. The summed E-state index contributed by atoms with van der Waals surface area (Å²) >= 11 is 0. The number of halogens is 1. The molecule has 1 amide bonds. The van der Waals surface area contributed by atoms with Crippen LogP contribution in [0.25, 0.3) is 11.3 Å². The number of ether oxygens (including phenoxy) is 1. The molecule has 2 aromatic heterocycles. The van der Waals surface area contributed by atoms with Crippen LogP contribution < -0.4 is 26.0 Å². The molecule has 0 saturated carbocycles. The first-order valence-electron chi connectivity index (χ1n) is 11.7. The molecule has 0 unspecified atom stereocenters. The largest absolute Gasteiger partial charge is 0.487 e. The van der Waals surface area contributed by atoms with E-state index in [9.17, 15) is 9.18 Å². The van der Waals surface area contributed by atoms with E-state index in [0.29, 0.717) is 53.8 Å². The predicted molar refractivity (Wildman–Crippen MR) is 129 cm³/mol. The van der Waals surface area contributed by atoms with Gasteiger partial charge < -0.3 is 31.0 Å². The van der Waals surface area contributed by atoms with Gasteiger partial charge in [0.15, 0.2) is 11.6 Å². The van der Waals surface area contributed by atoms with Crippen molar-refractivity contribution in [2.24, 2.45) is 0 Å². The fraction of sp³-hybridized carbons (Fsp3) is 0.360. The van der Waals surface area contributed by atoms with Crippen molar-refractivity contribution >= 4 is 23.1 Å². The van der Waals surface area contributed by atoms with Crippen LogP contribution in [0.15, 0.2) is 30.5 Å². The van der Waals surface area contributed by atoms with Crippen molar-refractivity contribution in [2.45, 2.75) is 25.2 Å². The zero-order valence-electron chi connectivity index (χ0n) is 19.0. The third-order valence-corrected chi connectivity index (χ3v) is 7.16. The Bertz CT molecular complexity index is 1280. The van der Waals surface area contributed by atoms with Crippen molar-refractivity contribution in [3.05, 3.63) is 53.1 Å². The lowest BCUT2D eigenvalue weighted by Crippen LogP contribution is -2.54. The average molecular weight is 463 g/mol. The Balaban J connectivity index is 1.59. The molecule has 8 nitrogen and oxygen atoms in total. The highest BCUT2D eigenvalue weighted by molar-refractivity contribution is 6.07. The maximum Gasteiger partial charge on any atom is 0.255 e. The van der Waals surface area contributed by atoms with Gasteiger partial charge in [-0.05, 0) is 44.5 Å². The van der Waals surface area contributed by atoms with Crippen molar-refractivity contribution in [2.75, 3.05) is 43.4 Å². The molecule has 0 radical (unpaired) electrons. The highest BCUT2D eigenvalue weighted by Gasteiger charge is 2.44. The molecule has 1 atom stereocenters. The number of carbonyl (C=O) groups is 1. The number of aromatic nitrogens is 2. The standard InChI is InChI=1S/C25H27FN6O2/c1-14-16(26)4-2-5-17(14)31-20-18-22(25(13-30-24(18)33)7-3-8-27-12-25)32-19(20)15-6-9-28-23-21(15)34-11-10-29-23/h2,4-6,9,27,31-32H,3,7-8,10-13H2,1H3,(H,28,29)(H,30,33)/t25-/m1/s1. The molecular weight excluding hydrogens is 435 g/mol. The summed E-state index contributed by atoms with van der Waals surface area (Å²) in [6.07, 6.45) is 3.70. The Hall–Kier alpha value is -3.59. The lowest BCUT2D eigenvalue weighted by Gasteiger charge is -2.40. The number of anilines is 3. The van der Waals surface area contributed by atoms with E-state index in [1.54, 1.807) is 19.2 Å². The summed E-state index contributed by atoms with van der Waals surface area (Å²) < 4.78 is 20.4. The number of nitrogens with one attached hydrogen (secondary N) is 5. The lowest BCUT2D eigenvalue weighted by atomic mass is 9.74. The molecule has 9 heteroatoms. The number of carbonyl (C=O) groups excluding carboxylic acids is 1. The fourth-order valence-corrected chi connectivity index (χ4v) is 5.33. The first-order chi connectivity index (χ1) is 16.6. The van der Waals surface area contributed by atoms with E-state index in [4.69, 9.17) is 4.74 Å². The number of hydrogen-bond acceptors (Lipinski definition) is 6. The van der Waals surface area contributed by atoms with Gasteiger partial charge in [0.2, 0.25) is 0 Å². The van der Waals surface area contributed by atoms with Gasteiger partial charge in [0.05, 0.1) is 23.5 Å². The number of H-pyrrole nitrogens is 1. The summed E-state index contributed by atoms with van der Waals surface area (Å²) in [4.78, 5) is 21.3. The van der Waals surface area contributed by atoms with E-state index in [-0.39, 0.29) is 17.1 Å². The van der Waals surface area contributed by atoms with Crippen molar-refractivity contribution < 1.29 is 13.9 Å². The van der Waals surface area contributed by atoms with E-state index in [1.165, 1.54) is 6.07 Å². The minimum absolute atomic E-state index is 0.146. The monoisotopic (exact) mass is 462 g/mol. The lowest BCUT2D eigenvalue weighted by molar-refractivity contribution is 0.0916. The zero-order valence-corrected chi connectivity index (χ0v) is 19.0. The third-order valence-electron chi connectivity index (χ3n) is 7.16. The molecule has 6 rings (SSSR count). The van der Waals surface area contributed by atoms with Gasteiger partial charge in [-0.2, -0.15) is 0 Å². The first-order valence-corrected chi connectivity index (χ1v) is 11.7. The molecule has 3 aromatic rings. The van der Waals surface area contributed by atoms with E-state index in [0.717, 1.165) is 42.9 Å². The van der Waals surface area contributed by atoms with Crippen LogP contribution >= 0.6 is 0 Å². The number of benzene rings is 1. The molecule has 3 aliphatic heterocycles. The van der Waals surface area contributed by atoms with Crippen LogP contribution in [0, 0.1) is 12.7 Å². The maximum absolute atomic E-state index is 14.4. The minimum atomic E-state index is -0.304. The van der Waals surface area contributed by atoms with Crippen LogP contribution in [0.4, 0.5) is 21.6 Å². The third kappa shape index (κ3) is 3.22. The maximum atomic E-state index is 14.4. The summed E-state index contributed by atoms with van der Waals surface area (Å²) in [5, 5.41) is 13.3. The van der Waals surface area contributed by atoms with Gasteiger partial charge in [-0.15, -0.1) is 0 Å². The van der Waals surface area contributed by atoms with Gasteiger partial charge in [0.1, 0.15) is 12.4 Å². The zero-order chi connectivity index (χ0) is 23.3. The molecule has 1 spiro atoms. The van der Waals surface area contributed by atoms with Crippen LogP contribution in [0.5, 0.6) is 5.75 Å². The summed E-state index contributed by atoms with van der Waals surface area (Å²) in [7, 11) is 0. The van der Waals surface area contributed by atoms with Gasteiger partial charge in [0.25, 0.3) is 5.91 Å². The number of amides is 1. The molecule has 1 fully saturated rings. The topological polar surface area (TPSA) is 103 Å². The second-order valence-electron chi connectivity index (χ2n) is 9.22. The second-order valence-corrected chi connectivity index (χ2v) is 9.22. The van der Waals surface area contributed by atoms with E-state index in [2.05, 4.69) is 31.2 Å². The minimum Gasteiger partial charge on any atom is -0.487 e. The highest BCUT2D eigenvalue weighted by Crippen LogP contribution is 2.47. The number of aromatic amines is 1. The quantitative estimate of drug-likeness (QED) is 0.409. The molecule has 5 heterocycles.